The number of carbonyl (C=O) groups excluding carboxylic acids is 1. The molecule has 0 aliphatic rings. The summed E-state index contributed by atoms with van der Waals surface area (Å²) in [7, 11) is 0. The molecule has 0 aromatic heterocycles. The summed E-state index contributed by atoms with van der Waals surface area (Å²) in [5.41, 5.74) is 6.37. The first-order chi connectivity index (χ1) is 8.83. The molecule has 0 fully saturated rings. The number of carbonyl (C=O) groups is 1. The van der Waals surface area contributed by atoms with Gasteiger partial charge >= 0.3 is 6.09 Å². The monoisotopic (exact) mass is 328 g/mol. The van der Waals surface area contributed by atoms with Crippen molar-refractivity contribution in [2.75, 3.05) is 13.1 Å². The van der Waals surface area contributed by atoms with Crippen molar-refractivity contribution in [1.29, 1.82) is 0 Å². The van der Waals surface area contributed by atoms with Gasteiger partial charge in [-0.25, -0.2) is 4.79 Å². The summed E-state index contributed by atoms with van der Waals surface area (Å²) in [5, 5.41) is 2.75. The minimum atomic E-state index is -0.490. The molecule has 0 saturated heterocycles. The number of nitrogens with two attached hydrogens (primary N) is 1. The molecular formula is C14H21BrN2O2. The van der Waals surface area contributed by atoms with E-state index >= 15 is 0 Å². The van der Waals surface area contributed by atoms with Gasteiger partial charge in [-0.2, -0.15) is 0 Å². The van der Waals surface area contributed by atoms with E-state index in [1.54, 1.807) is 0 Å². The van der Waals surface area contributed by atoms with E-state index in [-0.39, 0.29) is 5.92 Å². The second-order valence-corrected chi connectivity index (χ2v) is 6.19. The Morgan fingerprint density at radius 2 is 2.05 bits per heavy atom. The van der Waals surface area contributed by atoms with Crippen molar-refractivity contribution in [3.63, 3.8) is 0 Å². The number of amides is 1. The minimum Gasteiger partial charge on any atom is -0.444 e. The minimum absolute atomic E-state index is 0.0584. The van der Waals surface area contributed by atoms with Gasteiger partial charge in [0.15, 0.2) is 0 Å². The maximum atomic E-state index is 11.6. The average Bonchev–Trinajstić information content (AvgIpc) is 2.29. The van der Waals surface area contributed by atoms with Crippen LogP contribution in [0.4, 0.5) is 4.79 Å². The molecule has 1 aromatic rings. The number of alkyl carbamates (subject to hydrolysis) is 1. The number of hydrogen-bond donors (Lipinski definition) is 2. The van der Waals surface area contributed by atoms with Crippen molar-refractivity contribution in [2.45, 2.75) is 32.3 Å². The van der Waals surface area contributed by atoms with Crippen LogP contribution in [0.2, 0.25) is 0 Å². The number of nitrogens with one attached hydrogen (secondary N) is 1. The zero-order valence-corrected chi connectivity index (χ0v) is 13.2. The molecule has 0 heterocycles. The summed E-state index contributed by atoms with van der Waals surface area (Å²) in [4.78, 5) is 11.6. The molecule has 106 valence electrons. The highest BCUT2D eigenvalue weighted by Crippen LogP contribution is 2.23. The first kappa shape index (κ1) is 16.0. The van der Waals surface area contributed by atoms with Crippen LogP contribution in [0.5, 0.6) is 0 Å². The first-order valence-corrected chi connectivity index (χ1v) is 7.04. The Morgan fingerprint density at radius 1 is 1.42 bits per heavy atom. The molecule has 0 aliphatic heterocycles. The molecule has 1 rings (SSSR count). The van der Waals surface area contributed by atoms with Crippen molar-refractivity contribution in [2.24, 2.45) is 5.73 Å². The van der Waals surface area contributed by atoms with E-state index in [0.717, 1.165) is 10.0 Å². The van der Waals surface area contributed by atoms with Gasteiger partial charge in [0.25, 0.3) is 0 Å². The van der Waals surface area contributed by atoms with Gasteiger partial charge in [0.05, 0.1) is 0 Å². The van der Waals surface area contributed by atoms with Crippen LogP contribution >= 0.6 is 15.9 Å². The van der Waals surface area contributed by atoms with Crippen molar-refractivity contribution in [1.82, 2.24) is 5.32 Å². The molecule has 0 aliphatic carbocycles. The van der Waals surface area contributed by atoms with Gasteiger partial charge in [0.2, 0.25) is 0 Å². The zero-order valence-electron chi connectivity index (χ0n) is 11.6. The van der Waals surface area contributed by atoms with E-state index in [2.05, 4.69) is 21.2 Å². The fourth-order valence-electron chi connectivity index (χ4n) is 1.65. The van der Waals surface area contributed by atoms with Gasteiger partial charge in [0, 0.05) is 23.5 Å². The molecule has 0 bridgehead atoms. The lowest BCUT2D eigenvalue weighted by atomic mass is 9.99. The highest BCUT2D eigenvalue weighted by molar-refractivity contribution is 9.10. The Balaban J connectivity index is 2.59. The van der Waals surface area contributed by atoms with Crippen LogP contribution in [0.15, 0.2) is 28.7 Å². The third-order valence-corrected chi connectivity index (χ3v) is 3.24. The molecule has 1 atom stereocenters. The first-order valence-electron chi connectivity index (χ1n) is 6.25. The number of halogens is 1. The smallest absolute Gasteiger partial charge is 0.407 e. The lowest BCUT2D eigenvalue weighted by Gasteiger charge is -2.22. The van der Waals surface area contributed by atoms with Crippen LogP contribution in [0.25, 0.3) is 0 Å². The maximum absolute atomic E-state index is 11.6. The summed E-state index contributed by atoms with van der Waals surface area (Å²) in [6, 6.07) is 7.86. The van der Waals surface area contributed by atoms with E-state index in [0.29, 0.717) is 13.1 Å². The summed E-state index contributed by atoms with van der Waals surface area (Å²) in [6.45, 7) is 6.41. The van der Waals surface area contributed by atoms with Gasteiger partial charge < -0.3 is 15.8 Å². The molecule has 1 unspecified atom stereocenters. The molecule has 1 aromatic carbocycles. The van der Waals surface area contributed by atoms with Crippen LogP contribution in [-0.2, 0) is 4.74 Å². The van der Waals surface area contributed by atoms with E-state index in [4.69, 9.17) is 10.5 Å². The van der Waals surface area contributed by atoms with Crippen LogP contribution in [-0.4, -0.2) is 24.8 Å². The average molecular weight is 329 g/mol. The standard InChI is InChI=1S/C14H21BrN2O2/c1-14(2,3)19-13(18)17-9-10(8-16)11-6-4-5-7-12(11)15/h4-7,10H,8-9,16H2,1-3H3,(H,17,18). The predicted octanol–water partition coefficient (Wildman–Crippen LogP) is 3.02. The van der Waals surface area contributed by atoms with Gasteiger partial charge in [-0.3, -0.25) is 0 Å². The Kier molecular flexibility index (Phi) is 5.82. The van der Waals surface area contributed by atoms with E-state index in [1.165, 1.54) is 0 Å². The van der Waals surface area contributed by atoms with Crippen LogP contribution < -0.4 is 11.1 Å². The van der Waals surface area contributed by atoms with Crippen molar-refractivity contribution >= 4 is 22.0 Å². The van der Waals surface area contributed by atoms with E-state index < -0.39 is 11.7 Å². The highest BCUT2D eigenvalue weighted by Gasteiger charge is 2.18. The maximum Gasteiger partial charge on any atom is 0.407 e. The Hall–Kier alpha value is -1.07. The third-order valence-electron chi connectivity index (χ3n) is 2.52. The quantitative estimate of drug-likeness (QED) is 0.892. The summed E-state index contributed by atoms with van der Waals surface area (Å²) >= 11 is 3.49. The van der Waals surface area contributed by atoms with Gasteiger partial charge in [-0.05, 0) is 32.4 Å². The number of hydrogen-bond acceptors (Lipinski definition) is 3. The predicted molar refractivity (Wildman–Crippen MR) is 80.2 cm³/mol. The van der Waals surface area contributed by atoms with Crippen LogP contribution in [0.1, 0.15) is 32.3 Å². The fourth-order valence-corrected chi connectivity index (χ4v) is 2.26. The molecule has 3 N–H and O–H groups in total. The molecule has 0 spiro atoms. The van der Waals surface area contributed by atoms with Crippen LogP contribution in [0.3, 0.4) is 0 Å². The SMILES string of the molecule is CC(C)(C)OC(=O)NCC(CN)c1ccccc1Br. The van der Waals surface area contributed by atoms with Crippen molar-refractivity contribution in [3.05, 3.63) is 34.3 Å². The van der Waals surface area contributed by atoms with Crippen LogP contribution in [0, 0.1) is 0 Å². The second kappa shape index (κ2) is 6.91. The van der Waals surface area contributed by atoms with E-state index in [1.807, 2.05) is 45.0 Å². The Labute approximate surface area is 122 Å². The summed E-state index contributed by atoms with van der Waals surface area (Å²) < 4.78 is 6.19. The highest BCUT2D eigenvalue weighted by atomic mass is 79.9. The molecule has 0 saturated carbocycles. The number of ether oxygens (including phenoxy) is 1. The van der Waals surface area contributed by atoms with Gasteiger partial charge in [-0.1, -0.05) is 34.1 Å². The molecule has 4 nitrogen and oxygen atoms in total. The van der Waals surface area contributed by atoms with E-state index in [9.17, 15) is 4.79 Å². The molecule has 0 radical (unpaired) electrons. The third kappa shape index (κ3) is 5.61. The molecule has 1 amide bonds. The van der Waals surface area contributed by atoms with Crippen molar-refractivity contribution < 1.29 is 9.53 Å². The molecule has 19 heavy (non-hydrogen) atoms. The molecule has 5 heteroatoms. The topological polar surface area (TPSA) is 64.3 Å². The largest absolute Gasteiger partial charge is 0.444 e. The zero-order chi connectivity index (χ0) is 14.5. The van der Waals surface area contributed by atoms with Gasteiger partial charge in [0.1, 0.15) is 5.60 Å². The second-order valence-electron chi connectivity index (χ2n) is 5.34. The molecular weight excluding hydrogens is 308 g/mol. The number of benzene rings is 1. The normalized spacial score (nSPS) is 12.9. The lowest BCUT2D eigenvalue weighted by molar-refractivity contribution is 0.0525. The summed E-state index contributed by atoms with van der Waals surface area (Å²) in [5.74, 6) is 0.0584. The fraction of sp³-hybridized carbons (Fsp3) is 0.500. The Morgan fingerprint density at radius 3 is 2.58 bits per heavy atom. The lowest BCUT2D eigenvalue weighted by Crippen LogP contribution is -2.36. The Bertz CT molecular complexity index is 430. The number of rotatable bonds is 4. The van der Waals surface area contributed by atoms with Gasteiger partial charge in [-0.15, -0.1) is 0 Å². The van der Waals surface area contributed by atoms with Crippen molar-refractivity contribution in [3.8, 4) is 0 Å². The summed E-state index contributed by atoms with van der Waals surface area (Å²) in [6.07, 6.45) is -0.419.